The van der Waals surface area contributed by atoms with E-state index in [1.807, 2.05) is 49.4 Å². The van der Waals surface area contributed by atoms with Gasteiger partial charge in [-0.1, -0.05) is 42.5 Å². The average molecular weight is 550 g/mol. The third-order valence-corrected chi connectivity index (χ3v) is 7.54. The zero-order valence-corrected chi connectivity index (χ0v) is 23.7. The van der Waals surface area contributed by atoms with E-state index < -0.39 is 0 Å². The molecule has 1 aliphatic rings. The molecule has 0 aliphatic carbocycles. The number of nitrogens with zero attached hydrogens (tertiary/aromatic N) is 1. The molecule has 0 saturated carbocycles. The lowest BCUT2D eigenvalue weighted by Crippen LogP contribution is -2.32. The monoisotopic (exact) mass is 549 g/mol. The van der Waals surface area contributed by atoms with Crippen LogP contribution in [0.25, 0.3) is 0 Å². The van der Waals surface area contributed by atoms with Crippen molar-refractivity contribution in [2.75, 3.05) is 37.9 Å². The molecule has 7 heteroatoms. The molecule has 1 heterocycles. The summed E-state index contributed by atoms with van der Waals surface area (Å²) in [6, 6.07) is 26.5. The molecule has 0 bridgehead atoms. The summed E-state index contributed by atoms with van der Waals surface area (Å²) in [6.07, 6.45) is 1.89. The van der Waals surface area contributed by atoms with Crippen molar-refractivity contribution < 1.29 is 19.1 Å². The SMILES string of the molecule is COc1cc2c(cc1OC)CN(CCc1ccc(NC(=O)c3ccccc3NC(=O)c3ccccc3C)cc1)CC2. The van der Waals surface area contributed by atoms with Gasteiger partial charge < -0.3 is 20.1 Å². The number of rotatable bonds is 9. The number of hydrogen-bond donors (Lipinski definition) is 2. The quantitative estimate of drug-likeness (QED) is 0.263. The summed E-state index contributed by atoms with van der Waals surface area (Å²) in [7, 11) is 3.34. The molecule has 41 heavy (non-hydrogen) atoms. The Kier molecular flexibility index (Phi) is 8.65. The van der Waals surface area contributed by atoms with Gasteiger partial charge in [0.2, 0.25) is 0 Å². The number of methoxy groups -OCH3 is 2. The number of hydrogen-bond acceptors (Lipinski definition) is 5. The first-order valence-electron chi connectivity index (χ1n) is 13.8. The van der Waals surface area contributed by atoms with Crippen molar-refractivity contribution in [1.29, 1.82) is 0 Å². The normalized spacial score (nSPS) is 12.8. The number of fused-ring (bicyclic) bond motifs is 1. The van der Waals surface area contributed by atoms with Gasteiger partial charge in [0.05, 0.1) is 25.5 Å². The van der Waals surface area contributed by atoms with E-state index >= 15 is 0 Å². The molecule has 0 radical (unpaired) electrons. The minimum absolute atomic E-state index is 0.247. The van der Waals surface area contributed by atoms with Gasteiger partial charge in [-0.2, -0.15) is 0 Å². The molecule has 4 aromatic rings. The summed E-state index contributed by atoms with van der Waals surface area (Å²) in [5.74, 6) is 1.02. The molecule has 0 atom stereocenters. The number of aryl methyl sites for hydroxylation is 1. The molecule has 1 aliphatic heterocycles. The lowest BCUT2D eigenvalue weighted by molar-refractivity contribution is 0.102. The van der Waals surface area contributed by atoms with Crippen LogP contribution in [0.5, 0.6) is 11.5 Å². The molecule has 0 aromatic heterocycles. The molecule has 4 aromatic carbocycles. The van der Waals surface area contributed by atoms with Gasteiger partial charge in [-0.15, -0.1) is 0 Å². The zero-order chi connectivity index (χ0) is 28.8. The summed E-state index contributed by atoms with van der Waals surface area (Å²) in [5.41, 5.74) is 6.81. The smallest absolute Gasteiger partial charge is 0.257 e. The second kappa shape index (κ2) is 12.7. The van der Waals surface area contributed by atoms with Crippen molar-refractivity contribution in [2.45, 2.75) is 26.3 Å². The highest BCUT2D eigenvalue weighted by molar-refractivity contribution is 6.12. The van der Waals surface area contributed by atoms with E-state index in [-0.39, 0.29) is 11.8 Å². The average Bonchev–Trinajstić information content (AvgIpc) is 3.00. The summed E-state index contributed by atoms with van der Waals surface area (Å²) >= 11 is 0. The second-order valence-electron chi connectivity index (χ2n) is 10.2. The van der Waals surface area contributed by atoms with E-state index in [0.717, 1.165) is 49.5 Å². The molecule has 2 N–H and O–H groups in total. The minimum Gasteiger partial charge on any atom is -0.493 e. The van der Waals surface area contributed by atoms with Crippen molar-refractivity contribution in [3.8, 4) is 11.5 Å². The fraction of sp³-hybridized carbons (Fsp3) is 0.235. The third-order valence-electron chi connectivity index (χ3n) is 7.54. The summed E-state index contributed by atoms with van der Waals surface area (Å²) in [4.78, 5) is 28.4. The van der Waals surface area contributed by atoms with Crippen LogP contribution in [0, 0.1) is 6.92 Å². The third kappa shape index (κ3) is 6.58. The van der Waals surface area contributed by atoms with Crippen LogP contribution in [0.15, 0.2) is 84.9 Å². The maximum Gasteiger partial charge on any atom is 0.257 e. The molecule has 210 valence electrons. The number of para-hydroxylation sites is 1. The standard InChI is InChI=1S/C34H35N3O4/c1-23-8-4-5-9-28(23)33(38)36-30-11-7-6-10-29(30)34(39)35-27-14-12-24(13-15-27)16-18-37-19-17-25-20-31(40-2)32(41-3)21-26(25)22-37/h4-15,20-21H,16-19,22H2,1-3H3,(H,35,39)(H,36,38). The van der Waals surface area contributed by atoms with Gasteiger partial charge in [0.25, 0.3) is 11.8 Å². The second-order valence-corrected chi connectivity index (χ2v) is 10.2. The minimum atomic E-state index is -0.280. The highest BCUT2D eigenvalue weighted by Gasteiger charge is 2.20. The van der Waals surface area contributed by atoms with Gasteiger partial charge in [-0.3, -0.25) is 14.5 Å². The lowest BCUT2D eigenvalue weighted by atomic mass is 9.98. The van der Waals surface area contributed by atoms with E-state index in [0.29, 0.717) is 22.5 Å². The van der Waals surface area contributed by atoms with E-state index in [4.69, 9.17) is 9.47 Å². The molecule has 2 amide bonds. The maximum atomic E-state index is 13.1. The van der Waals surface area contributed by atoms with Crippen LogP contribution in [0.2, 0.25) is 0 Å². The van der Waals surface area contributed by atoms with Crippen molar-refractivity contribution in [1.82, 2.24) is 4.90 Å². The van der Waals surface area contributed by atoms with Crippen molar-refractivity contribution in [2.24, 2.45) is 0 Å². The van der Waals surface area contributed by atoms with Gasteiger partial charge in [0.15, 0.2) is 11.5 Å². The first kappa shape index (κ1) is 27.9. The fourth-order valence-corrected chi connectivity index (χ4v) is 5.18. The zero-order valence-electron chi connectivity index (χ0n) is 23.7. The number of amides is 2. The number of benzene rings is 4. The van der Waals surface area contributed by atoms with Crippen LogP contribution < -0.4 is 20.1 Å². The molecule has 0 spiro atoms. The first-order valence-corrected chi connectivity index (χ1v) is 13.8. The lowest BCUT2D eigenvalue weighted by Gasteiger charge is -2.29. The molecule has 0 unspecified atom stereocenters. The van der Waals surface area contributed by atoms with Crippen molar-refractivity contribution in [3.63, 3.8) is 0 Å². The highest BCUT2D eigenvalue weighted by atomic mass is 16.5. The van der Waals surface area contributed by atoms with Crippen LogP contribution in [0.4, 0.5) is 11.4 Å². The Morgan fingerprint density at radius 1 is 0.780 bits per heavy atom. The summed E-state index contributed by atoms with van der Waals surface area (Å²) in [5, 5.41) is 5.86. The molecular weight excluding hydrogens is 514 g/mol. The Labute approximate surface area is 241 Å². The van der Waals surface area contributed by atoms with Gasteiger partial charge in [0.1, 0.15) is 0 Å². The Morgan fingerprint density at radius 2 is 1.41 bits per heavy atom. The van der Waals surface area contributed by atoms with Crippen molar-refractivity contribution >= 4 is 23.2 Å². The van der Waals surface area contributed by atoms with E-state index in [2.05, 4.69) is 27.7 Å². The number of carbonyl (C=O) groups is 2. The van der Waals surface area contributed by atoms with Crippen LogP contribution in [0.1, 0.15) is 43.0 Å². The van der Waals surface area contributed by atoms with Gasteiger partial charge >= 0.3 is 0 Å². The molecular formula is C34H35N3O4. The Bertz CT molecular complexity index is 1550. The summed E-state index contributed by atoms with van der Waals surface area (Å²) in [6.45, 7) is 4.70. The Balaban J connectivity index is 1.18. The molecule has 0 fully saturated rings. The molecule has 5 rings (SSSR count). The number of nitrogens with one attached hydrogen (secondary N) is 2. The van der Waals surface area contributed by atoms with Gasteiger partial charge in [-0.25, -0.2) is 0 Å². The topological polar surface area (TPSA) is 79.9 Å². The predicted octanol–water partition coefficient (Wildman–Crippen LogP) is 6.12. The highest BCUT2D eigenvalue weighted by Crippen LogP contribution is 2.33. The fourth-order valence-electron chi connectivity index (χ4n) is 5.18. The number of carbonyl (C=O) groups excluding carboxylic acids is 2. The molecule has 0 saturated heterocycles. The van der Waals surface area contributed by atoms with E-state index in [1.165, 1.54) is 16.7 Å². The Morgan fingerprint density at radius 3 is 2.12 bits per heavy atom. The number of anilines is 2. The van der Waals surface area contributed by atoms with Gasteiger partial charge in [-0.05, 0) is 84.5 Å². The van der Waals surface area contributed by atoms with Crippen LogP contribution in [0.3, 0.4) is 0 Å². The van der Waals surface area contributed by atoms with E-state index in [9.17, 15) is 9.59 Å². The predicted molar refractivity (Wildman–Crippen MR) is 162 cm³/mol. The van der Waals surface area contributed by atoms with Crippen LogP contribution in [-0.2, 0) is 19.4 Å². The maximum absolute atomic E-state index is 13.1. The van der Waals surface area contributed by atoms with Gasteiger partial charge in [0, 0.05) is 30.9 Å². The van der Waals surface area contributed by atoms with Crippen LogP contribution >= 0.6 is 0 Å². The van der Waals surface area contributed by atoms with Crippen molar-refractivity contribution in [3.05, 3.63) is 118 Å². The van der Waals surface area contributed by atoms with Crippen LogP contribution in [-0.4, -0.2) is 44.0 Å². The largest absolute Gasteiger partial charge is 0.493 e. The molecule has 7 nitrogen and oxygen atoms in total. The van der Waals surface area contributed by atoms with E-state index in [1.54, 1.807) is 44.6 Å². The number of ether oxygens (including phenoxy) is 2. The summed E-state index contributed by atoms with van der Waals surface area (Å²) < 4.78 is 10.9. The Hall–Kier alpha value is -4.62. The first-order chi connectivity index (χ1) is 19.9.